The third-order valence-corrected chi connectivity index (χ3v) is 3.79. The predicted molar refractivity (Wildman–Crippen MR) is 70.6 cm³/mol. The second-order valence-electron chi connectivity index (χ2n) is 3.68. The van der Waals surface area contributed by atoms with Crippen molar-refractivity contribution in [3.63, 3.8) is 0 Å². The molecule has 0 aromatic carbocycles. The van der Waals surface area contributed by atoms with Crippen molar-refractivity contribution < 1.29 is 4.79 Å². The maximum atomic E-state index is 12.0. The quantitative estimate of drug-likeness (QED) is 0.779. The van der Waals surface area contributed by atoms with Crippen molar-refractivity contribution in [3.8, 4) is 0 Å². The highest BCUT2D eigenvalue weighted by molar-refractivity contribution is 7.12. The molecule has 4 heteroatoms. The minimum atomic E-state index is 0.0452. The molecule has 1 atom stereocenters. The Morgan fingerprint density at radius 2 is 2.31 bits per heavy atom. The van der Waals surface area contributed by atoms with Crippen molar-refractivity contribution in [1.82, 2.24) is 5.32 Å². The Labute approximate surface area is 106 Å². The Hall–Kier alpha value is -0.540. The topological polar surface area (TPSA) is 29.1 Å². The van der Waals surface area contributed by atoms with E-state index in [1.807, 2.05) is 11.4 Å². The predicted octanol–water partition coefficient (Wildman–Crippen LogP) is 3.45. The molecule has 0 saturated carbocycles. The van der Waals surface area contributed by atoms with Crippen molar-refractivity contribution in [2.24, 2.45) is 0 Å². The van der Waals surface area contributed by atoms with Crippen LogP contribution < -0.4 is 5.32 Å². The third kappa shape index (κ3) is 3.49. The van der Waals surface area contributed by atoms with Gasteiger partial charge in [-0.3, -0.25) is 4.79 Å². The summed E-state index contributed by atoms with van der Waals surface area (Å²) in [7, 11) is 0. The molecule has 90 valence electrons. The highest BCUT2D eigenvalue weighted by atomic mass is 35.5. The SMILES string of the molecule is CCc1ccsc1C(=O)NC(CC)CCCl. The van der Waals surface area contributed by atoms with Crippen LogP contribution in [0.2, 0.25) is 0 Å². The van der Waals surface area contributed by atoms with Crippen molar-refractivity contribution in [3.05, 3.63) is 21.9 Å². The van der Waals surface area contributed by atoms with E-state index in [1.54, 1.807) is 0 Å². The molecular weight excluding hydrogens is 242 g/mol. The number of nitrogens with one attached hydrogen (secondary N) is 1. The molecule has 1 amide bonds. The molecule has 16 heavy (non-hydrogen) atoms. The van der Waals surface area contributed by atoms with Gasteiger partial charge in [0.15, 0.2) is 0 Å². The molecule has 1 N–H and O–H groups in total. The molecule has 0 aliphatic carbocycles. The number of carbonyl (C=O) groups is 1. The van der Waals surface area contributed by atoms with Gasteiger partial charge in [0.25, 0.3) is 5.91 Å². The molecule has 0 aliphatic heterocycles. The highest BCUT2D eigenvalue weighted by Gasteiger charge is 2.15. The van der Waals surface area contributed by atoms with Crippen LogP contribution in [0, 0.1) is 0 Å². The Morgan fingerprint density at radius 3 is 2.88 bits per heavy atom. The molecule has 1 aromatic rings. The average molecular weight is 260 g/mol. The molecule has 0 aliphatic rings. The number of aryl methyl sites for hydroxylation is 1. The van der Waals surface area contributed by atoms with E-state index in [2.05, 4.69) is 19.2 Å². The summed E-state index contributed by atoms with van der Waals surface area (Å²) in [6.45, 7) is 4.13. The van der Waals surface area contributed by atoms with Crippen molar-refractivity contribution in [2.75, 3.05) is 5.88 Å². The molecule has 0 bridgehead atoms. The van der Waals surface area contributed by atoms with Crippen LogP contribution in [0.25, 0.3) is 0 Å². The number of hydrogen-bond acceptors (Lipinski definition) is 2. The number of thiophene rings is 1. The van der Waals surface area contributed by atoms with E-state index in [0.717, 1.165) is 29.7 Å². The van der Waals surface area contributed by atoms with Crippen LogP contribution in [-0.4, -0.2) is 17.8 Å². The summed E-state index contributed by atoms with van der Waals surface area (Å²) in [5.74, 6) is 0.632. The largest absolute Gasteiger partial charge is 0.349 e. The molecule has 1 rings (SSSR count). The second-order valence-corrected chi connectivity index (χ2v) is 4.98. The number of rotatable bonds is 6. The van der Waals surface area contributed by atoms with Gasteiger partial charge in [0, 0.05) is 11.9 Å². The Kier molecular flexibility index (Phi) is 5.85. The van der Waals surface area contributed by atoms with Crippen LogP contribution in [0.15, 0.2) is 11.4 Å². The summed E-state index contributed by atoms with van der Waals surface area (Å²) in [5, 5.41) is 5.00. The van der Waals surface area contributed by atoms with Crippen molar-refractivity contribution in [2.45, 2.75) is 39.2 Å². The van der Waals surface area contributed by atoms with Gasteiger partial charge in [-0.15, -0.1) is 22.9 Å². The fourth-order valence-electron chi connectivity index (χ4n) is 1.57. The lowest BCUT2D eigenvalue weighted by Gasteiger charge is -2.15. The summed E-state index contributed by atoms with van der Waals surface area (Å²) in [5.41, 5.74) is 1.13. The smallest absolute Gasteiger partial charge is 0.261 e. The van der Waals surface area contributed by atoms with Crippen molar-refractivity contribution in [1.29, 1.82) is 0 Å². The number of amides is 1. The van der Waals surface area contributed by atoms with Crippen molar-refractivity contribution >= 4 is 28.8 Å². The molecule has 0 saturated heterocycles. The summed E-state index contributed by atoms with van der Waals surface area (Å²) in [6, 6.07) is 2.21. The zero-order chi connectivity index (χ0) is 12.0. The monoisotopic (exact) mass is 259 g/mol. The van der Waals surface area contributed by atoms with E-state index in [0.29, 0.717) is 5.88 Å². The molecule has 0 fully saturated rings. The van der Waals surface area contributed by atoms with Crippen LogP contribution in [-0.2, 0) is 6.42 Å². The third-order valence-electron chi connectivity index (χ3n) is 2.62. The molecule has 1 heterocycles. The number of halogens is 1. The van der Waals surface area contributed by atoms with Gasteiger partial charge in [-0.05, 0) is 36.3 Å². The van der Waals surface area contributed by atoms with Crippen LogP contribution in [0.4, 0.5) is 0 Å². The summed E-state index contributed by atoms with van der Waals surface area (Å²) < 4.78 is 0. The zero-order valence-corrected chi connectivity index (χ0v) is 11.3. The van der Waals surface area contributed by atoms with E-state index in [4.69, 9.17) is 11.6 Å². The Balaban J connectivity index is 2.64. The van der Waals surface area contributed by atoms with Gasteiger partial charge in [0.2, 0.25) is 0 Å². The fraction of sp³-hybridized carbons (Fsp3) is 0.583. The first kappa shape index (κ1) is 13.5. The number of alkyl halides is 1. The van der Waals surface area contributed by atoms with E-state index < -0.39 is 0 Å². The summed E-state index contributed by atoms with van der Waals surface area (Å²) in [4.78, 5) is 12.8. The molecule has 0 radical (unpaired) electrons. The van der Waals surface area contributed by atoms with Crippen LogP contribution in [0.5, 0.6) is 0 Å². The Bertz CT molecular complexity index is 338. The average Bonchev–Trinajstić information content (AvgIpc) is 2.76. The number of hydrogen-bond donors (Lipinski definition) is 1. The van der Waals surface area contributed by atoms with Crippen LogP contribution >= 0.6 is 22.9 Å². The van der Waals surface area contributed by atoms with Crippen LogP contribution in [0.1, 0.15) is 41.9 Å². The number of carbonyl (C=O) groups excluding carboxylic acids is 1. The van der Waals surface area contributed by atoms with Gasteiger partial charge < -0.3 is 5.32 Å². The molecule has 1 aromatic heterocycles. The minimum Gasteiger partial charge on any atom is -0.349 e. The maximum absolute atomic E-state index is 12.0. The normalized spacial score (nSPS) is 12.4. The molecule has 1 unspecified atom stereocenters. The van der Waals surface area contributed by atoms with E-state index in [-0.39, 0.29) is 11.9 Å². The first-order valence-corrected chi connectivity index (χ1v) is 7.07. The summed E-state index contributed by atoms with van der Waals surface area (Å²) in [6.07, 6.45) is 2.65. The van der Waals surface area contributed by atoms with Gasteiger partial charge in [0.05, 0.1) is 4.88 Å². The fourth-order valence-corrected chi connectivity index (χ4v) is 2.74. The second kappa shape index (κ2) is 6.92. The lowest BCUT2D eigenvalue weighted by atomic mass is 10.1. The summed E-state index contributed by atoms with van der Waals surface area (Å²) >= 11 is 7.20. The van der Waals surface area contributed by atoms with Gasteiger partial charge in [-0.2, -0.15) is 0 Å². The standard InChI is InChI=1S/C12H18ClNOS/c1-3-9-6-8-16-11(9)12(15)14-10(4-2)5-7-13/h6,8,10H,3-5,7H2,1-2H3,(H,14,15). The highest BCUT2D eigenvalue weighted by Crippen LogP contribution is 2.17. The van der Waals surface area contributed by atoms with Gasteiger partial charge >= 0.3 is 0 Å². The zero-order valence-electron chi connectivity index (χ0n) is 9.75. The van der Waals surface area contributed by atoms with Gasteiger partial charge in [0.1, 0.15) is 0 Å². The molecule has 2 nitrogen and oxygen atoms in total. The lowest BCUT2D eigenvalue weighted by molar-refractivity contribution is 0.0938. The maximum Gasteiger partial charge on any atom is 0.261 e. The molecule has 0 spiro atoms. The first-order valence-electron chi connectivity index (χ1n) is 5.66. The van der Waals surface area contributed by atoms with E-state index >= 15 is 0 Å². The molecular formula is C12H18ClNOS. The van der Waals surface area contributed by atoms with E-state index in [1.165, 1.54) is 11.3 Å². The van der Waals surface area contributed by atoms with E-state index in [9.17, 15) is 4.79 Å². The van der Waals surface area contributed by atoms with Gasteiger partial charge in [-0.1, -0.05) is 13.8 Å². The lowest BCUT2D eigenvalue weighted by Crippen LogP contribution is -2.34. The van der Waals surface area contributed by atoms with Crippen LogP contribution in [0.3, 0.4) is 0 Å². The minimum absolute atomic E-state index is 0.0452. The first-order chi connectivity index (χ1) is 7.72. The Morgan fingerprint density at radius 1 is 1.56 bits per heavy atom. The van der Waals surface area contributed by atoms with Gasteiger partial charge in [-0.25, -0.2) is 0 Å².